The minimum atomic E-state index is -0.667. The maximum atomic E-state index is 13.8. The number of thioether (sulfide) groups is 1. The number of nitrogens with one attached hydrogen (secondary N) is 1. The van der Waals surface area contributed by atoms with E-state index in [-0.39, 0.29) is 31.0 Å². The van der Waals surface area contributed by atoms with Gasteiger partial charge >= 0.3 is 5.97 Å². The summed E-state index contributed by atoms with van der Waals surface area (Å²) in [5.74, 6) is -1.79. The molecule has 3 aliphatic rings. The molecule has 3 heterocycles. The molecule has 3 fully saturated rings. The van der Waals surface area contributed by atoms with Gasteiger partial charge in [-0.1, -0.05) is 12.1 Å². The first-order chi connectivity index (χ1) is 15.7. The Morgan fingerprint density at radius 2 is 2.03 bits per heavy atom. The topological polar surface area (TPSA) is 95.9 Å². The van der Waals surface area contributed by atoms with E-state index in [9.17, 15) is 19.5 Å². The first kappa shape index (κ1) is 24.1. The standard InChI is InChI=1S/C25H34N2O5S/c1-5-32-23(31)19-18-22(30)27(12-6-7-13-28)20(25(18)11-10-24(19,4)33-25)21(29)26-17-14-15(2)8-9-16(17)3/h8-9,14,18-20,28H,5-7,10-13H2,1-4H3,(H,26,29)/t18-,19+,20?,24-,25?/m0/s1. The van der Waals surface area contributed by atoms with Crippen molar-refractivity contribution in [1.82, 2.24) is 4.90 Å². The van der Waals surface area contributed by atoms with Gasteiger partial charge in [-0.05, 0) is 70.6 Å². The summed E-state index contributed by atoms with van der Waals surface area (Å²) in [6.07, 6.45) is 2.63. The van der Waals surface area contributed by atoms with E-state index in [1.807, 2.05) is 39.0 Å². The maximum Gasteiger partial charge on any atom is 0.311 e. The number of rotatable bonds is 8. The number of aliphatic hydroxyl groups excluding tert-OH is 1. The lowest BCUT2D eigenvalue weighted by Crippen LogP contribution is -2.51. The lowest BCUT2D eigenvalue weighted by atomic mass is 9.66. The number of aryl methyl sites for hydroxylation is 2. The number of carbonyl (C=O) groups is 3. The summed E-state index contributed by atoms with van der Waals surface area (Å²) in [7, 11) is 0. The van der Waals surface area contributed by atoms with E-state index in [1.165, 1.54) is 0 Å². The van der Waals surface area contributed by atoms with Crippen LogP contribution in [0.15, 0.2) is 18.2 Å². The van der Waals surface area contributed by atoms with Crippen LogP contribution in [0.5, 0.6) is 0 Å². The third kappa shape index (κ3) is 3.85. The normalized spacial score (nSPS) is 32.2. The second-order valence-electron chi connectivity index (χ2n) is 9.75. The molecule has 3 saturated heterocycles. The predicted molar refractivity (Wildman–Crippen MR) is 128 cm³/mol. The van der Waals surface area contributed by atoms with Gasteiger partial charge < -0.3 is 20.1 Å². The molecule has 2 N–H and O–H groups in total. The Kier molecular flexibility index (Phi) is 6.53. The Morgan fingerprint density at radius 3 is 2.73 bits per heavy atom. The number of likely N-dealkylation sites (tertiary alicyclic amines) is 1. The zero-order chi connectivity index (χ0) is 24.0. The summed E-state index contributed by atoms with van der Waals surface area (Å²) in [5.41, 5.74) is 2.74. The van der Waals surface area contributed by atoms with E-state index in [0.717, 1.165) is 23.2 Å². The van der Waals surface area contributed by atoms with Crippen molar-refractivity contribution < 1.29 is 24.2 Å². The zero-order valence-electron chi connectivity index (χ0n) is 19.8. The third-order valence-electron chi connectivity index (χ3n) is 7.52. The van der Waals surface area contributed by atoms with Crippen molar-refractivity contribution in [3.63, 3.8) is 0 Å². The number of anilines is 1. The van der Waals surface area contributed by atoms with Crippen LogP contribution < -0.4 is 5.32 Å². The van der Waals surface area contributed by atoms with Gasteiger partial charge in [-0.3, -0.25) is 14.4 Å². The molecule has 2 amide bonds. The molecule has 0 aromatic heterocycles. The fraction of sp³-hybridized carbons (Fsp3) is 0.640. The van der Waals surface area contributed by atoms with Gasteiger partial charge in [-0.2, -0.15) is 0 Å². The van der Waals surface area contributed by atoms with Crippen LogP contribution in [0.3, 0.4) is 0 Å². The number of ether oxygens (including phenoxy) is 1. The molecule has 8 heteroatoms. The molecule has 0 radical (unpaired) electrons. The number of unbranched alkanes of at least 4 members (excludes halogenated alkanes) is 1. The molecule has 4 rings (SSSR count). The van der Waals surface area contributed by atoms with Crippen LogP contribution in [0.25, 0.3) is 0 Å². The Morgan fingerprint density at radius 1 is 1.27 bits per heavy atom. The Balaban J connectivity index is 1.72. The van der Waals surface area contributed by atoms with Gasteiger partial charge in [0.05, 0.1) is 23.2 Å². The average molecular weight is 475 g/mol. The molecule has 0 saturated carbocycles. The first-order valence-electron chi connectivity index (χ1n) is 11.8. The fourth-order valence-corrected chi connectivity index (χ4v) is 8.37. The molecule has 0 aliphatic carbocycles. The second-order valence-corrected chi connectivity index (χ2v) is 11.6. The molecule has 2 unspecified atom stereocenters. The molecular formula is C25H34N2O5S. The first-order valence-corrected chi connectivity index (χ1v) is 12.7. The summed E-state index contributed by atoms with van der Waals surface area (Å²) in [4.78, 5) is 42.3. The predicted octanol–water partition coefficient (Wildman–Crippen LogP) is 3.06. The van der Waals surface area contributed by atoms with Gasteiger partial charge in [0.2, 0.25) is 11.8 Å². The van der Waals surface area contributed by atoms with Gasteiger partial charge in [0, 0.05) is 23.6 Å². The Labute approximate surface area is 199 Å². The van der Waals surface area contributed by atoms with Gasteiger partial charge in [-0.15, -0.1) is 11.8 Å². The third-order valence-corrected chi connectivity index (χ3v) is 9.51. The van der Waals surface area contributed by atoms with E-state index in [2.05, 4.69) is 5.32 Å². The largest absolute Gasteiger partial charge is 0.466 e. The molecular weight excluding hydrogens is 440 g/mol. The van der Waals surface area contributed by atoms with E-state index < -0.39 is 27.4 Å². The highest BCUT2D eigenvalue weighted by atomic mass is 32.2. The molecule has 3 aliphatic heterocycles. The molecule has 1 spiro atoms. The van der Waals surface area contributed by atoms with Crippen LogP contribution in [0.1, 0.15) is 50.7 Å². The number of esters is 1. The highest BCUT2D eigenvalue weighted by Gasteiger charge is 2.77. The number of hydrogen-bond acceptors (Lipinski definition) is 6. The van der Waals surface area contributed by atoms with E-state index >= 15 is 0 Å². The quantitative estimate of drug-likeness (QED) is 0.444. The van der Waals surface area contributed by atoms with Crippen LogP contribution in [-0.2, 0) is 19.1 Å². The van der Waals surface area contributed by atoms with Crippen LogP contribution in [0.4, 0.5) is 5.69 Å². The summed E-state index contributed by atoms with van der Waals surface area (Å²) < 4.78 is 4.33. The average Bonchev–Trinajstić information content (AvgIpc) is 3.32. The van der Waals surface area contributed by atoms with Crippen LogP contribution in [0.2, 0.25) is 0 Å². The van der Waals surface area contributed by atoms with Crippen LogP contribution >= 0.6 is 11.8 Å². The number of amides is 2. The Bertz CT molecular complexity index is 968. The minimum Gasteiger partial charge on any atom is -0.466 e. The number of fused-ring (bicyclic) bond motifs is 1. The summed E-state index contributed by atoms with van der Waals surface area (Å²) in [5, 5.41) is 12.4. The van der Waals surface area contributed by atoms with E-state index in [1.54, 1.807) is 23.6 Å². The highest BCUT2D eigenvalue weighted by molar-refractivity contribution is 8.02. The van der Waals surface area contributed by atoms with Crippen molar-refractivity contribution in [1.29, 1.82) is 0 Å². The molecule has 1 aromatic carbocycles. The number of nitrogens with zero attached hydrogens (tertiary/aromatic N) is 1. The maximum absolute atomic E-state index is 13.8. The summed E-state index contributed by atoms with van der Waals surface area (Å²) >= 11 is 1.64. The highest BCUT2D eigenvalue weighted by Crippen LogP contribution is 2.71. The van der Waals surface area contributed by atoms with Crippen molar-refractivity contribution >= 4 is 35.2 Å². The fourth-order valence-electron chi connectivity index (χ4n) is 6.02. The van der Waals surface area contributed by atoms with Gasteiger partial charge in [0.1, 0.15) is 6.04 Å². The second kappa shape index (κ2) is 8.95. The van der Waals surface area contributed by atoms with E-state index in [4.69, 9.17) is 4.74 Å². The van der Waals surface area contributed by atoms with Crippen LogP contribution in [0, 0.1) is 25.7 Å². The molecule has 2 bridgehead atoms. The monoisotopic (exact) mass is 474 g/mol. The molecule has 33 heavy (non-hydrogen) atoms. The number of carbonyl (C=O) groups excluding carboxylic acids is 3. The molecule has 180 valence electrons. The van der Waals surface area contributed by atoms with Gasteiger partial charge in [-0.25, -0.2) is 0 Å². The molecule has 7 nitrogen and oxygen atoms in total. The summed E-state index contributed by atoms with van der Waals surface area (Å²) in [6, 6.07) is 5.24. The van der Waals surface area contributed by atoms with Crippen molar-refractivity contribution in [2.75, 3.05) is 25.1 Å². The lowest BCUT2D eigenvalue weighted by molar-refractivity contribution is -0.155. The summed E-state index contributed by atoms with van der Waals surface area (Å²) in [6.45, 7) is 8.42. The number of aliphatic hydroxyl groups is 1. The van der Waals surface area contributed by atoms with Crippen molar-refractivity contribution in [3.8, 4) is 0 Å². The van der Waals surface area contributed by atoms with Crippen molar-refractivity contribution in [2.45, 2.75) is 68.9 Å². The smallest absolute Gasteiger partial charge is 0.311 e. The Hall–Kier alpha value is -2.06. The number of hydrogen-bond donors (Lipinski definition) is 2. The molecule has 1 aromatic rings. The van der Waals surface area contributed by atoms with Gasteiger partial charge in [0.15, 0.2) is 0 Å². The number of benzene rings is 1. The van der Waals surface area contributed by atoms with E-state index in [0.29, 0.717) is 25.8 Å². The lowest BCUT2D eigenvalue weighted by Gasteiger charge is -2.34. The molecule has 5 atom stereocenters. The van der Waals surface area contributed by atoms with Gasteiger partial charge in [0.25, 0.3) is 0 Å². The zero-order valence-corrected chi connectivity index (χ0v) is 20.7. The van der Waals surface area contributed by atoms with Crippen LogP contribution in [-0.4, -0.2) is 63.1 Å². The SMILES string of the molecule is CCOC(=O)[C@H]1[C@H]2C(=O)N(CCCCO)C(C(=O)Nc3cc(C)ccc3C)C23CC[C@]1(C)S3. The minimum absolute atomic E-state index is 0.0359. The van der Waals surface area contributed by atoms with Crippen molar-refractivity contribution in [2.24, 2.45) is 11.8 Å². The van der Waals surface area contributed by atoms with Crippen molar-refractivity contribution in [3.05, 3.63) is 29.3 Å².